The second-order valence-electron chi connectivity index (χ2n) is 8.44. The maximum atomic E-state index is 12.3. The van der Waals surface area contributed by atoms with Gasteiger partial charge in [0.1, 0.15) is 11.4 Å². The third-order valence-electron chi connectivity index (χ3n) is 4.83. The smallest absolute Gasteiger partial charge is 0.410 e. The molecule has 1 fully saturated rings. The highest BCUT2D eigenvalue weighted by atomic mass is 16.6. The Morgan fingerprint density at radius 3 is 2.44 bits per heavy atom. The molecule has 0 unspecified atom stereocenters. The van der Waals surface area contributed by atoms with Gasteiger partial charge in [-0.25, -0.2) is 14.5 Å². The van der Waals surface area contributed by atoms with Crippen molar-refractivity contribution in [1.29, 1.82) is 0 Å². The Morgan fingerprint density at radius 1 is 1.15 bits per heavy atom. The highest BCUT2D eigenvalue weighted by Crippen LogP contribution is 2.30. The van der Waals surface area contributed by atoms with Gasteiger partial charge in [-0.3, -0.25) is 0 Å². The largest absolute Gasteiger partial charge is 0.444 e. The highest BCUT2D eigenvalue weighted by Gasteiger charge is 2.29. The topological polar surface area (TPSA) is 60.2 Å². The molecule has 2 heterocycles. The number of nitrogens with zero attached hydrogens (tertiary/aromatic N) is 4. The zero-order chi connectivity index (χ0) is 19.8. The molecule has 3 rings (SSSR count). The first kappa shape index (κ1) is 19.4. The van der Waals surface area contributed by atoms with E-state index in [2.05, 4.69) is 41.8 Å². The zero-order valence-corrected chi connectivity index (χ0v) is 17.2. The minimum Gasteiger partial charge on any atom is -0.444 e. The average Bonchev–Trinajstić information content (AvgIpc) is 2.97. The van der Waals surface area contributed by atoms with Crippen LogP contribution in [-0.4, -0.2) is 44.4 Å². The Labute approximate surface area is 161 Å². The van der Waals surface area contributed by atoms with E-state index in [0.29, 0.717) is 13.1 Å². The number of carbonyl (C=O) groups excluding carboxylic acids is 1. The van der Waals surface area contributed by atoms with Crippen LogP contribution in [0, 0.1) is 20.8 Å². The summed E-state index contributed by atoms with van der Waals surface area (Å²) in [7, 11) is 0. The number of rotatable bonds is 2. The number of aromatic nitrogens is 3. The van der Waals surface area contributed by atoms with Gasteiger partial charge in [0, 0.05) is 18.7 Å². The molecule has 6 heteroatoms. The minimum atomic E-state index is -0.465. The van der Waals surface area contributed by atoms with Crippen LogP contribution in [0.3, 0.4) is 0 Å². The maximum Gasteiger partial charge on any atom is 0.410 e. The van der Waals surface area contributed by atoms with Crippen LogP contribution in [0.4, 0.5) is 4.79 Å². The number of piperidine rings is 1. The number of amides is 1. The fourth-order valence-electron chi connectivity index (χ4n) is 3.46. The quantitative estimate of drug-likeness (QED) is 0.784. The fraction of sp³-hybridized carbons (Fsp3) is 0.571. The second kappa shape index (κ2) is 7.33. The Kier molecular flexibility index (Phi) is 5.27. The van der Waals surface area contributed by atoms with Gasteiger partial charge in [0.2, 0.25) is 0 Å². The molecule has 2 aromatic rings. The van der Waals surface area contributed by atoms with Crippen LogP contribution < -0.4 is 0 Å². The van der Waals surface area contributed by atoms with Crippen LogP contribution in [0.1, 0.15) is 56.6 Å². The summed E-state index contributed by atoms with van der Waals surface area (Å²) >= 11 is 0. The molecule has 6 nitrogen and oxygen atoms in total. The summed E-state index contributed by atoms with van der Waals surface area (Å²) in [6.07, 6.45) is 1.46. The lowest BCUT2D eigenvalue weighted by molar-refractivity contribution is 0.0185. The van der Waals surface area contributed by atoms with Gasteiger partial charge >= 0.3 is 6.09 Å². The third kappa shape index (κ3) is 4.49. The number of aryl methyl sites for hydroxylation is 3. The van der Waals surface area contributed by atoms with Crippen molar-refractivity contribution >= 4 is 6.09 Å². The van der Waals surface area contributed by atoms with Crippen molar-refractivity contribution in [3.63, 3.8) is 0 Å². The standard InChI is InChI=1S/C21H30N4O2/c1-14-7-8-15(2)18(13-14)19-22-16(3)23-25(19)17-9-11-24(12-10-17)20(26)27-21(4,5)6/h7-8,13,17H,9-12H2,1-6H3. The first-order valence-electron chi connectivity index (χ1n) is 9.63. The van der Waals surface area contributed by atoms with E-state index in [1.807, 2.05) is 27.7 Å². The predicted octanol–water partition coefficient (Wildman–Crippen LogP) is 4.44. The summed E-state index contributed by atoms with van der Waals surface area (Å²) in [6.45, 7) is 13.2. The van der Waals surface area contributed by atoms with Crippen LogP contribution in [0.15, 0.2) is 18.2 Å². The molecule has 0 radical (unpaired) electrons. The molecule has 146 valence electrons. The van der Waals surface area contributed by atoms with Gasteiger partial charge in [0.05, 0.1) is 6.04 Å². The molecular formula is C21H30N4O2. The lowest BCUT2D eigenvalue weighted by Gasteiger charge is -2.33. The molecule has 1 aliphatic rings. The molecule has 0 aliphatic carbocycles. The second-order valence-corrected chi connectivity index (χ2v) is 8.44. The van der Waals surface area contributed by atoms with E-state index in [9.17, 15) is 4.79 Å². The summed E-state index contributed by atoms with van der Waals surface area (Å²) in [5.74, 6) is 1.70. The lowest BCUT2D eigenvalue weighted by Crippen LogP contribution is -2.42. The van der Waals surface area contributed by atoms with Crippen molar-refractivity contribution in [3.05, 3.63) is 35.2 Å². The molecule has 0 saturated carbocycles. The summed E-state index contributed by atoms with van der Waals surface area (Å²) in [5.41, 5.74) is 3.07. The first-order valence-corrected chi connectivity index (χ1v) is 9.63. The number of hydrogen-bond donors (Lipinski definition) is 0. The van der Waals surface area contributed by atoms with E-state index in [0.717, 1.165) is 30.1 Å². The van der Waals surface area contributed by atoms with Crippen molar-refractivity contribution in [2.45, 2.75) is 66.0 Å². The molecule has 1 saturated heterocycles. The van der Waals surface area contributed by atoms with E-state index in [-0.39, 0.29) is 12.1 Å². The van der Waals surface area contributed by atoms with E-state index in [1.54, 1.807) is 4.90 Å². The zero-order valence-electron chi connectivity index (χ0n) is 17.2. The Morgan fingerprint density at radius 2 is 1.81 bits per heavy atom. The van der Waals surface area contributed by atoms with Crippen LogP contribution >= 0.6 is 0 Å². The van der Waals surface area contributed by atoms with Gasteiger partial charge in [-0.1, -0.05) is 17.7 Å². The molecule has 1 aromatic heterocycles. The third-order valence-corrected chi connectivity index (χ3v) is 4.83. The molecule has 0 N–H and O–H groups in total. The summed E-state index contributed by atoms with van der Waals surface area (Å²) in [4.78, 5) is 18.8. The average molecular weight is 370 g/mol. The summed E-state index contributed by atoms with van der Waals surface area (Å²) < 4.78 is 7.56. The monoisotopic (exact) mass is 370 g/mol. The van der Waals surface area contributed by atoms with E-state index in [1.165, 1.54) is 11.1 Å². The predicted molar refractivity (Wildman–Crippen MR) is 106 cm³/mol. The maximum absolute atomic E-state index is 12.3. The number of benzene rings is 1. The number of likely N-dealkylation sites (tertiary alicyclic amines) is 1. The van der Waals surface area contributed by atoms with Gasteiger partial charge in [-0.15, -0.1) is 0 Å². The van der Waals surface area contributed by atoms with Crippen LogP contribution in [0.25, 0.3) is 11.4 Å². The van der Waals surface area contributed by atoms with Crippen molar-refractivity contribution < 1.29 is 9.53 Å². The normalized spacial score (nSPS) is 15.9. The van der Waals surface area contributed by atoms with Gasteiger partial charge in [0.15, 0.2) is 5.82 Å². The van der Waals surface area contributed by atoms with Crippen molar-refractivity contribution in [2.24, 2.45) is 0 Å². The Hall–Kier alpha value is -2.37. The van der Waals surface area contributed by atoms with Crippen LogP contribution in [-0.2, 0) is 4.74 Å². The van der Waals surface area contributed by atoms with Crippen LogP contribution in [0.2, 0.25) is 0 Å². The Bertz CT molecular complexity index is 827. The van der Waals surface area contributed by atoms with Gasteiger partial charge < -0.3 is 9.64 Å². The molecule has 0 spiro atoms. The van der Waals surface area contributed by atoms with E-state index < -0.39 is 5.60 Å². The Balaban J connectivity index is 1.78. The number of hydrogen-bond acceptors (Lipinski definition) is 4. The number of carbonyl (C=O) groups is 1. The van der Waals surface area contributed by atoms with Crippen molar-refractivity contribution in [3.8, 4) is 11.4 Å². The molecule has 27 heavy (non-hydrogen) atoms. The number of ether oxygens (including phenoxy) is 1. The molecule has 1 amide bonds. The SMILES string of the molecule is Cc1ccc(C)c(-c2nc(C)nn2C2CCN(C(=O)OC(C)(C)C)CC2)c1. The molecule has 1 aliphatic heterocycles. The van der Waals surface area contributed by atoms with Crippen molar-refractivity contribution in [2.75, 3.05) is 13.1 Å². The van der Waals surface area contributed by atoms with Gasteiger partial charge in [0.25, 0.3) is 0 Å². The molecule has 0 bridgehead atoms. The molecular weight excluding hydrogens is 340 g/mol. The first-order chi connectivity index (χ1) is 12.6. The van der Waals surface area contributed by atoms with Gasteiger partial charge in [-0.05, 0) is 66.0 Å². The van der Waals surface area contributed by atoms with E-state index in [4.69, 9.17) is 9.72 Å². The summed E-state index contributed by atoms with van der Waals surface area (Å²) in [6, 6.07) is 6.65. The van der Waals surface area contributed by atoms with E-state index >= 15 is 0 Å². The molecule has 0 atom stereocenters. The van der Waals surface area contributed by atoms with Gasteiger partial charge in [-0.2, -0.15) is 5.10 Å². The fourth-order valence-corrected chi connectivity index (χ4v) is 3.46. The van der Waals surface area contributed by atoms with Crippen molar-refractivity contribution in [1.82, 2.24) is 19.7 Å². The molecule has 1 aromatic carbocycles. The summed E-state index contributed by atoms with van der Waals surface area (Å²) in [5, 5.41) is 4.68. The minimum absolute atomic E-state index is 0.231. The lowest BCUT2D eigenvalue weighted by atomic mass is 10.0. The van der Waals surface area contributed by atoms with Crippen LogP contribution in [0.5, 0.6) is 0 Å². The highest BCUT2D eigenvalue weighted by molar-refractivity contribution is 5.68.